The topological polar surface area (TPSA) is 65.0 Å². The van der Waals surface area contributed by atoms with E-state index in [1.54, 1.807) is 0 Å². The summed E-state index contributed by atoms with van der Waals surface area (Å²) >= 11 is 0. The van der Waals surface area contributed by atoms with Gasteiger partial charge in [0, 0.05) is 6.61 Å². The number of carbonyl (C=O) groups is 1. The van der Waals surface area contributed by atoms with Crippen LogP contribution in [0.4, 0.5) is 0 Å². The van der Waals surface area contributed by atoms with Crippen LogP contribution in [0.25, 0.3) is 0 Å². The Labute approximate surface area is 153 Å². The molecule has 0 amide bonds. The van der Waals surface area contributed by atoms with Crippen molar-refractivity contribution in [1.82, 2.24) is 0 Å². The van der Waals surface area contributed by atoms with Gasteiger partial charge in [0.05, 0.1) is 25.7 Å². The van der Waals surface area contributed by atoms with Crippen molar-refractivity contribution in [3.05, 3.63) is 60.2 Å². The van der Waals surface area contributed by atoms with Gasteiger partial charge in [0.15, 0.2) is 0 Å². The number of carboxylic acid groups (broad SMARTS) is 1. The molecule has 3 rings (SSSR count). The Bertz CT molecular complexity index is 695. The summed E-state index contributed by atoms with van der Waals surface area (Å²) in [7, 11) is 0. The number of para-hydroxylation sites is 1. The number of rotatable bonds is 10. The normalized spacial score (nSPS) is 18.9. The number of hydrogen-bond acceptors (Lipinski definition) is 4. The second-order valence-electron chi connectivity index (χ2n) is 6.55. The van der Waals surface area contributed by atoms with Crippen LogP contribution >= 0.6 is 0 Å². The fraction of sp³-hybridized carbons (Fsp3) is 0.381. The SMILES string of the molecule is O=C(O)CCOCC1CC(OCc2cccc(Oc3ccccc3)c2)C1. The average Bonchev–Trinajstić information content (AvgIpc) is 2.60. The molecule has 1 aliphatic rings. The van der Waals surface area contributed by atoms with Crippen molar-refractivity contribution in [3.63, 3.8) is 0 Å². The first-order valence-electron chi connectivity index (χ1n) is 8.92. The van der Waals surface area contributed by atoms with Crippen LogP contribution in [-0.2, 0) is 20.9 Å². The minimum absolute atomic E-state index is 0.0635. The minimum Gasteiger partial charge on any atom is -0.481 e. The highest BCUT2D eigenvalue weighted by atomic mass is 16.5. The molecule has 0 bridgehead atoms. The molecule has 0 heterocycles. The molecule has 0 saturated heterocycles. The predicted octanol–water partition coefficient (Wildman–Crippen LogP) is 4.27. The van der Waals surface area contributed by atoms with Crippen LogP contribution in [0, 0.1) is 5.92 Å². The molecule has 0 spiro atoms. The van der Waals surface area contributed by atoms with Gasteiger partial charge in [0.25, 0.3) is 0 Å². The zero-order valence-corrected chi connectivity index (χ0v) is 14.7. The summed E-state index contributed by atoms with van der Waals surface area (Å²) in [5.41, 5.74) is 1.08. The molecule has 0 atom stereocenters. The van der Waals surface area contributed by atoms with Gasteiger partial charge in [-0.3, -0.25) is 4.79 Å². The molecule has 0 aliphatic heterocycles. The standard InChI is InChI=1S/C21H24O5/c22-21(23)9-10-24-14-17-12-20(13-17)25-15-16-5-4-8-19(11-16)26-18-6-2-1-3-7-18/h1-8,11,17,20H,9-10,12-15H2,(H,22,23). The third-order valence-electron chi connectivity index (χ3n) is 4.37. The van der Waals surface area contributed by atoms with Crippen LogP contribution in [0.5, 0.6) is 11.5 Å². The summed E-state index contributed by atoms with van der Waals surface area (Å²) < 4.78 is 17.2. The monoisotopic (exact) mass is 356 g/mol. The summed E-state index contributed by atoms with van der Waals surface area (Å²) in [6.07, 6.45) is 2.25. The van der Waals surface area contributed by atoms with E-state index in [-0.39, 0.29) is 19.1 Å². The third kappa shape index (κ3) is 5.86. The molecular weight excluding hydrogens is 332 g/mol. The zero-order valence-electron chi connectivity index (χ0n) is 14.7. The van der Waals surface area contributed by atoms with Crippen LogP contribution < -0.4 is 4.74 Å². The number of benzene rings is 2. The van der Waals surface area contributed by atoms with Crippen molar-refractivity contribution in [2.75, 3.05) is 13.2 Å². The lowest BCUT2D eigenvalue weighted by atomic mass is 9.83. The molecule has 1 fully saturated rings. The van der Waals surface area contributed by atoms with Gasteiger partial charge in [-0.15, -0.1) is 0 Å². The largest absolute Gasteiger partial charge is 0.481 e. The van der Waals surface area contributed by atoms with Gasteiger partial charge < -0.3 is 19.3 Å². The summed E-state index contributed by atoms with van der Waals surface area (Å²) in [6.45, 7) is 1.46. The maximum Gasteiger partial charge on any atom is 0.305 e. The zero-order chi connectivity index (χ0) is 18.2. The van der Waals surface area contributed by atoms with Crippen molar-refractivity contribution in [2.24, 2.45) is 5.92 Å². The molecule has 0 aromatic heterocycles. The lowest BCUT2D eigenvalue weighted by Gasteiger charge is -2.34. The minimum atomic E-state index is -0.821. The Balaban J connectivity index is 1.36. The Morgan fingerprint density at radius 3 is 2.58 bits per heavy atom. The Morgan fingerprint density at radius 2 is 1.81 bits per heavy atom. The third-order valence-corrected chi connectivity index (χ3v) is 4.37. The molecule has 26 heavy (non-hydrogen) atoms. The van der Waals surface area contributed by atoms with Gasteiger partial charge in [-0.05, 0) is 48.6 Å². The number of ether oxygens (including phenoxy) is 3. The van der Waals surface area contributed by atoms with Crippen LogP contribution in [0.15, 0.2) is 54.6 Å². The van der Waals surface area contributed by atoms with E-state index in [2.05, 4.69) is 0 Å². The second kappa shape index (κ2) is 9.36. The van der Waals surface area contributed by atoms with E-state index in [1.165, 1.54) is 0 Å². The van der Waals surface area contributed by atoms with E-state index in [9.17, 15) is 4.79 Å². The molecule has 2 aromatic rings. The van der Waals surface area contributed by atoms with E-state index < -0.39 is 5.97 Å². The van der Waals surface area contributed by atoms with Crippen LogP contribution in [0.2, 0.25) is 0 Å². The summed E-state index contributed by atoms with van der Waals surface area (Å²) in [5, 5.41) is 8.56. The lowest BCUT2D eigenvalue weighted by molar-refractivity contribution is -0.138. The van der Waals surface area contributed by atoms with Crippen molar-refractivity contribution in [2.45, 2.75) is 32.0 Å². The van der Waals surface area contributed by atoms with Crippen molar-refractivity contribution < 1.29 is 24.1 Å². The fourth-order valence-corrected chi connectivity index (χ4v) is 2.89. The molecule has 5 heteroatoms. The van der Waals surface area contributed by atoms with E-state index >= 15 is 0 Å². The number of carboxylic acids is 1. The highest BCUT2D eigenvalue weighted by molar-refractivity contribution is 5.66. The lowest BCUT2D eigenvalue weighted by Crippen LogP contribution is -2.34. The maximum atomic E-state index is 10.4. The highest BCUT2D eigenvalue weighted by Crippen LogP contribution is 2.31. The van der Waals surface area contributed by atoms with Gasteiger partial charge in [-0.25, -0.2) is 0 Å². The molecule has 5 nitrogen and oxygen atoms in total. The molecule has 1 N–H and O–H groups in total. The fourth-order valence-electron chi connectivity index (χ4n) is 2.89. The van der Waals surface area contributed by atoms with E-state index in [0.29, 0.717) is 19.1 Å². The first kappa shape index (κ1) is 18.4. The Kier molecular flexibility index (Phi) is 6.63. The first-order chi connectivity index (χ1) is 12.7. The summed E-state index contributed by atoms with van der Waals surface area (Å²) in [5.74, 6) is 1.27. The summed E-state index contributed by atoms with van der Waals surface area (Å²) in [4.78, 5) is 10.4. The van der Waals surface area contributed by atoms with Gasteiger partial charge in [-0.1, -0.05) is 30.3 Å². The average molecular weight is 356 g/mol. The predicted molar refractivity (Wildman–Crippen MR) is 97.3 cm³/mol. The molecule has 0 unspecified atom stereocenters. The van der Waals surface area contributed by atoms with Crippen molar-refractivity contribution in [1.29, 1.82) is 0 Å². The number of hydrogen-bond donors (Lipinski definition) is 1. The van der Waals surface area contributed by atoms with Gasteiger partial charge in [0.2, 0.25) is 0 Å². The van der Waals surface area contributed by atoms with E-state index in [4.69, 9.17) is 19.3 Å². The first-order valence-corrected chi connectivity index (χ1v) is 8.92. The molecule has 1 aliphatic carbocycles. The molecule has 2 aromatic carbocycles. The van der Waals surface area contributed by atoms with Crippen molar-refractivity contribution >= 4 is 5.97 Å². The van der Waals surface area contributed by atoms with Crippen LogP contribution in [-0.4, -0.2) is 30.4 Å². The molecular formula is C21H24O5. The van der Waals surface area contributed by atoms with Gasteiger partial charge >= 0.3 is 5.97 Å². The molecule has 0 radical (unpaired) electrons. The summed E-state index contributed by atoms with van der Waals surface area (Å²) in [6, 6.07) is 17.6. The van der Waals surface area contributed by atoms with E-state index in [1.807, 2.05) is 54.6 Å². The van der Waals surface area contributed by atoms with Crippen LogP contribution in [0.3, 0.4) is 0 Å². The van der Waals surface area contributed by atoms with Gasteiger partial charge in [-0.2, -0.15) is 0 Å². The van der Waals surface area contributed by atoms with Crippen LogP contribution in [0.1, 0.15) is 24.8 Å². The Morgan fingerprint density at radius 1 is 1.04 bits per heavy atom. The quantitative estimate of drug-likeness (QED) is 0.644. The molecule has 1 saturated carbocycles. The number of aliphatic carboxylic acids is 1. The van der Waals surface area contributed by atoms with Gasteiger partial charge in [0.1, 0.15) is 11.5 Å². The van der Waals surface area contributed by atoms with Crippen molar-refractivity contribution in [3.8, 4) is 11.5 Å². The Hall–Kier alpha value is -2.37. The second-order valence-corrected chi connectivity index (χ2v) is 6.55. The van der Waals surface area contributed by atoms with E-state index in [0.717, 1.165) is 29.9 Å². The smallest absolute Gasteiger partial charge is 0.305 e. The highest BCUT2D eigenvalue weighted by Gasteiger charge is 2.29. The molecule has 138 valence electrons. The maximum absolute atomic E-state index is 10.4.